The van der Waals surface area contributed by atoms with Gasteiger partial charge >= 0.3 is 0 Å². The van der Waals surface area contributed by atoms with Crippen LogP contribution in [0.4, 0.5) is 0 Å². The number of rotatable bonds is 4. The molecule has 5 heteroatoms. The lowest BCUT2D eigenvalue weighted by molar-refractivity contribution is -0.112. The number of aryl methyl sites for hydroxylation is 1. The predicted octanol–water partition coefficient (Wildman–Crippen LogP) is 5.27. The Kier molecular flexibility index (Phi) is 5.11. The summed E-state index contributed by atoms with van der Waals surface area (Å²) in [6.07, 6.45) is 3.71. The minimum absolute atomic E-state index is 0.0317. The average Bonchev–Trinajstić information content (AvgIpc) is 3.08. The van der Waals surface area contributed by atoms with E-state index >= 15 is 0 Å². The van der Waals surface area contributed by atoms with E-state index in [0.29, 0.717) is 0 Å². The molecule has 28 heavy (non-hydrogen) atoms. The normalized spacial score (nSPS) is 21.1. The highest BCUT2D eigenvalue weighted by molar-refractivity contribution is 9.10. The number of hydrogen-bond acceptors (Lipinski definition) is 4. The van der Waals surface area contributed by atoms with E-state index in [-0.39, 0.29) is 17.7 Å². The predicted molar refractivity (Wildman–Crippen MR) is 115 cm³/mol. The Hall–Kier alpha value is -2.40. The molecule has 0 radical (unpaired) electrons. The number of fused-ring (bicyclic) bond motifs is 3. The number of carbonyl (C=O) groups excluding carboxylic acids is 1. The number of ketones is 1. The van der Waals surface area contributed by atoms with Crippen molar-refractivity contribution in [1.82, 2.24) is 5.01 Å². The van der Waals surface area contributed by atoms with E-state index in [1.165, 1.54) is 11.1 Å². The third kappa shape index (κ3) is 3.39. The van der Waals surface area contributed by atoms with Gasteiger partial charge in [-0.1, -0.05) is 34.1 Å². The number of methoxy groups -OCH3 is 1. The van der Waals surface area contributed by atoms with Gasteiger partial charge in [-0.25, -0.2) is 0 Å². The minimum Gasteiger partial charge on any atom is -0.497 e. The van der Waals surface area contributed by atoms with Gasteiger partial charge in [-0.2, -0.15) is 5.10 Å². The quantitative estimate of drug-likeness (QED) is 0.610. The van der Waals surface area contributed by atoms with Crippen molar-refractivity contribution in [3.63, 3.8) is 0 Å². The second-order valence-electron chi connectivity index (χ2n) is 7.39. The maximum Gasteiger partial charge on any atom is 0.154 e. The van der Waals surface area contributed by atoms with Crippen LogP contribution in [0.5, 0.6) is 5.75 Å². The Morgan fingerprint density at radius 1 is 1.21 bits per heavy atom. The van der Waals surface area contributed by atoms with Gasteiger partial charge in [-0.05, 0) is 62.1 Å². The number of hydrazone groups is 1. The van der Waals surface area contributed by atoms with Crippen LogP contribution >= 0.6 is 15.9 Å². The topological polar surface area (TPSA) is 41.9 Å². The standard InChI is InChI=1S/C23H23BrN2O2/c1-14(12-15(2)27)26-23(17-4-8-18(24)9-5-17)20-11-7-16-6-10-19(28-3)13-21(16)22(20)25-26/h4-6,8-10,12-13,20,23H,7,11H2,1-3H3/b14-12+/t20-,23-/m1/s1. The molecular formula is C23H23BrN2O2. The molecule has 0 saturated carbocycles. The first-order valence-electron chi connectivity index (χ1n) is 9.47. The number of halogens is 1. The summed E-state index contributed by atoms with van der Waals surface area (Å²) in [6, 6.07) is 14.7. The fourth-order valence-corrected chi connectivity index (χ4v) is 4.53. The van der Waals surface area contributed by atoms with Crippen LogP contribution < -0.4 is 4.74 Å². The van der Waals surface area contributed by atoms with E-state index in [9.17, 15) is 4.79 Å². The van der Waals surface area contributed by atoms with Gasteiger partial charge in [0.1, 0.15) is 5.75 Å². The highest BCUT2D eigenvalue weighted by Crippen LogP contribution is 2.45. The Morgan fingerprint density at radius 2 is 1.96 bits per heavy atom. The van der Waals surface area contributed by atoms with Crippen LogP contribution in [-0.4, -0.2) is 23.6 Å². The molecule has 0 unspecified atom stereocenters. The Morgan fingerprint density at radius 3 is 2.64 bits per heavy atom. The Labute approximate surface area is 174 Å². The van der Waals surface area contributed by atoms with E-state index in [0.717, 1.165) is 40.0 Å². The summed E-state index contributed by atoms with van der Waals surface area (Å²) in [6.45, 7) is 3.54. The summed E-state index contributed by atoms with van der Waals surface area (Å²) < 4.78 is 6.50. The number of hydrogen-bond donors (Lipinski definition) is 0. The number of allylic oxidation sites excluding steroid dienone is 2. The summed E-state index contributed by atoms with van der Waals surface area (Å²) >= 11 is 3.52. The first-order chi connectivity index (χ1) is 13.5. The van der Waals surface area contributed by atoms with Gasteiger partial charge in [0.2, 0.25) is 0 Å². The molecule has 2 aromatic rings. The number of nitrogens with zero attached hydrogens (tertiary/aromatic N) is 2. The molecule has 1 heterocycles. The van der Waals surface area contributed by atoms with Gasteiger partial charge in [0.25, 0.3) is 0 Å². The van der Waals surface area contributed by atoms with Gasteiger partial charge in [-0.15, -0.1) is 0 Å². The zero-order valence-electron chi connectivity index (χ0n) is 16.3. The largest absolute Gasteiger partial charge is 0.497 e. The Balaban J connectivity index is 1.83. The second-order valence-corrected chi connectivity index (χ2v) is 8.31. The van der Waals surface area contributed by atoms with E-state index in [4.69, 9.17) is 9.84 Å². The lowest BCUT2D eigenvalue weighted by Crippen LogP contribution is -2.28. The van der Waals surface area contributed by atoms with Crippen molar-refractivity contribution >= 4 is 27.4 Å². The highest BCUT2D eigenvalue weighted by atomic mass is 79.9. The smallest absolute Gasteiger partial charge is 0.154 e. The number of ether oxygens (including phenoxy) is 1. The summed E-state index contributed by atoms with van der Waals surface area (Å²) in [5.41, 5.74) is 5.63. The lowest BCUT2D eigenvalue weighted by atomic mass is 9.77. The fraction of sp³-hybridized carbons (Fsp3) is 0.304. The monoisotopic (exact) mass is 438 g/mol. The van der Waals surface area contributed by atoms with Crippen molar-refractivity contribution in [1.29, 1.82) is 0 Å². The summed E-state index contributed by atoms with van der Waals surface area (Å²) in [7, 11) is 1.69. The molecule has 4 rings (SSSR count). The van der Waals surface area contributed by atoms with Crippen molar-refractivity contribution in [3.8, 4) is 5.75 Å². The van der Waals surface area contributed by atoms with E-state index in [2.05, 4.69) is 52.3 Å². The van der Waals surface area contributed by atoms with Gasteiger partial charge in [-0.3, -0.25) is 9.80 Å². The van der Waals surface area contributed by atoms with Crippen LogP contribution in [0, 0.1) is 5.92 Å². The third-order valence-electron chi connectivity index (χ3n) is 5.51. The van der Waals surface area contributed by atoms with Crippen molar-refractivity contribution in [2.45, 2.75) is 32.7 Å². The fourth-order valence-electron chi connectivity index (χ4n) is 4.26. The number of benzene rings is 2. The molecule has 144 valence electrons. The van der Waals surface area contributed by atoms with Gasteiger partial charge in [0, 0.05) is 27.7 Å². The van der Waals surface area contributed by atoms with Crippen LogP contribution in [0.25, 0.3) is 0 Å². The summed E-state index contributed by atoms with van der Waals surface area (Å²) in [5.74, 6) is 1.15. The van der Waals surface area contributed by atoms with Crippen LogP contribution in [0.1, 0.15) is 43.0 Å². The maximum atomic E-state index is 11.7. The van der Waals surface area contributed by atoms with Crippen LogP contribution in [-0.2, 0) is 11.2 Å². The average molecular weight is 439 g/mol. The molecule has 0 aromatic heterocycles. The van der Waals surface area contributed by atoms with Crippen LogP contribution in [0.3, 0.4) is 0 Å². The molecule has 0 fully saturated rings. The maximum absolute atomic E-state index is 11.7. The zero-order chi connectivity index (χ0) is 19.8. The molecule has 4 nitrogen and oxygen atoms in total. The zero-order valence-corrected chi connectivity index (χ0v) is 17.9. The van der Waals surface area contributed by atoms with E-state index < -0.39 is 0 Å². The van der Waals surface area contributed by atoms with Crippen LogP contribution in [0.2, 0.25) is 0 Å². The third-order valence-corrected chi connectivity index (χ3v) is 6.04. The molecule has 0 amide bonds. The molecule has 2 aromatic carbocycles. The molecule has 0 spiro atoms. The molecule has 1 aliphatic carbocycles. The van der Waals surface area contributed by atoms with Crippen molar-refractivity contribution in [3.05, 3.63) is 75.4 Å². The summed E-state index contributed by atoms with van der Waals surface area (Å²) in [5, 5.41) is 7.05. The number of carbonyl (C=O) groups is 1. The van der Waals surface area contributed by atoms with E-state index in [1.807, 2.05) is 18.0 Å². The first-order valence-corrected chi connectivity index (χ1v) is 10.3. The SMILES string of the molecule is COc1ccc2c(c1)C1=NN(/C(C)=C/C(C)=O)[C@H](c3ccc(Br)cc3)[C@@H]1CC2. The van der Waals surface area contributed by atoms with Crippen molar-refractivity contribution in [2.24, 2.45) is 11.0 Å². The molecule has 2 atom stereocenters. The van der Waals surface area contributed by atoms with Crippen molar-refractivity contribution in [2.75, 3.05) is 7.11 Å². The molecule has 0 saturated heterocycles. The molecule has 2 aliphatic rings. The molecule has 0 N–H and O–H groups in total. The minimum atomic E-state index is 0.0317. The molecule has 1 aliphatic heterocycles. The van der Waals surface area contributed by atoms with Gasteiger partial charge in [0.15, 0.2) is 5.78 Å². The lowest BCUT2D eigenvalue weighted by Gasteiger charge is -2.31. The van der Waals surface area contributed by atoms with E-state index in [1.54, 1.807) is 20.1 Å². The summed E-state index contributed by atoms with van der Waals surface area (Å²) in [4.78, 5) is 11.7. The Bertz CT molecular complexity index is 979. The molecule has 0 bridgehead atoms. The first kappa shape index (κ1) is 18.9. The second kappa shape index (κ2) is 7.55. The molecular weight excluding hydrogens is 416 g/mol. The van der Waals surface area contributed by atoms with Gasteiger partial charge < -0.3 is 4.74 Å². The van der Waals surface area contributed by atoms with Crippen molar-refractivity contribution < 1.29 is 9.53 Å². The van der Waals surface area contributed by atoms with Crippen LogP contribution in [0.15, 0.2) is 63.8 Å². The van der Waals surface area contributed by atoms with Gasteiger partial charge in [0.05, 0.1) is 18.9 Å². The highest BCUT2D eigenvalue weighted by Gasteiger charge is 2.42.